The predicted molar refractivity (Wildman–Crippen MR) is 83.0 cm³/mol. The second-order valence-electron chi connectivity index (χ2n) is 5.26. The van der Waals surface area contributed by atoms with E-state index < -0.39 is 0 Å². The Balaban J connectivity index is 1.65. The third-order valence-electron chi connectivity index (χ3n) is 3.58. The van der Waals surface area contributed by atoms with E-state index in [0.717, 1.165) is 38.4 Å². The van der Waals surface area contributed by atoms with E-state index in [1.165, 1.54) is 4.90 Å². The van der Waals surface area contributed by atoms with E-state index in [-0.39, 0.29) is 5.91 Å². The van der Waals surface area contributed by atoms with Gasteiger partial charge in [-0.2, -0.15) is 0 Å². The summed E-state index contributed by atoms with van der Waals surface area (Å²) in [7, 11) is 1.90. The largest absolute Gasteiger partial charge is 0.381 e. The fourth-order valence-electron chi connectivity index (χ4n) is 2.31. The van der Waals surface area contributed by atoms with Crippen molar-refractivity contribution in [2.24, 2.45) is 5.92 Å². The van der Waals surface area contributed by atoms with Crippen LogP contribution in [0.4, 0.5) is 0 Å². The van der Waals surface area contributed by atoms with E-state index in [1.54, 1.807) is 11.8 Å². The van der Waals surface area contributed by atoms with Gasteiger partial charge < -0.3 is 9.64 Å². The van der Waals surface area contributed by atoms with Crippen LogP contribution < -0.4 is 0 Å². The molecule has 1 atom stereocenters. The zero-order valence-electron chi connectivity index (χ0n) is 12.1. The standard InChI is InChI=1S/C16H23NO2S/c1-17(9-11-20-15-7-3-2-4-8-15)16(18)12-14-6-5-10-19-13-14/h2-4,7-8,14H,5-6,9-13H2,1H3. The van der Waals surface area contributed by atoms with Crippen molar-refractivity contribution >= 4 is 17.7 Å². The van der Waals surface area contributed by atoms with Gasteiger partial charge in [-0.15, -0.1) is 11.8 Å². The first-order valence-electron chi connectivity index (χ1n) is 7.25. The van der Waals surface area contributed by atoms with Gasteiger partial charge in [0, 0.05) is 43.9 Å². The van der Waals surface area contributed by atoms with Gasteiger partial charge >= 0.3 is 0 Å². The number of benzene rings is 1. The molecular weight excluding hydrogens is 270 g/mol. The lowest BCUT2D eigenvalue weighted by molar-refractivity contribution is -0.131. The molecule has 1 aromatic rings. The Bertz CT molecular complexity index is 404. The van der Waals surface area contributed by atoms with Crippen LogP contribution in [-0.2, 0) is 9.53 Å². The van der Waals surface area contributed by atoms with E-state index in [0.29, 0.717) is 12.3 Å². The Kier molecular flexibility index (Phi) is 6.40. The molecule has 1 unspecified atom stereocenters. The van der Waals surface area contributed by atoms with Gasteiger partial charge in [-0.05, 0) is 30.9 Å². The molecule has 1 amide bonds. The fraction of sp³-hybridized carbons (Fsp3) is 0.562. The number of nitrogens with zero attached hydrogens (tertiary/aromatic N) is 1. The van der Waals surface area contributed by atoms with Crippen molar-refractivity contribution in [1.82, 2.24) is 4.90 Å². The van der Waals surface area contributed by atoms with Crippen LogP contribution in [0.5, 0.6) is 0 Å². The number of hydrogen-bond acceptors (Lipinski definition) is 3. The third-order valence-corrected chi connectivity index (χ3v) is 4.57. The minimum absolute atomic E-state index is 0.245. The second kappa shape index (κ2) is 8.32. The summed E-state index contributed by atoms with van der Waals surface area (Å²) in [5.74, 6) is 1.60. The Hall–Kier alpha value is -1.00. The highest BCUT2D eigenvalue weighted by molar-refractivity contribution is 7.99. The number of rotatable bonds is 6. The van der Waals surface area contributed by atoms with Crippen molar-refractivity contribution in [3.05, 3.63) is 30.3 Å². The van der Waals surface area contributed by atoms with Crippen molar-refractivity contribution in [2.45, 2.75) is 24.2 Å². The summed E-state index contributed by atoms with van der Waals surface area (Å²) in [6, 6.07) is 10.3. The molecule has 110 valence electrons. The predicted octanol–water partition coefficient (Wildman–Crippen LogP) is 3.05. The molecule has 1 heterocycles. The van der Waals surface area contributed by atoms with Crippen molar-refractivity contribution in [2.75, 3.05) is 32.6 Å². The van der Waals surface area contributed by atoms with Crippen LogP contribution in [0.1, 0.15) is 19.3 Å². The highest BCUT2D eigenvalue weighted by Gasteiger charge is 2.19. The normalized spacial score (nSPS) is 18.8. The Labute approximate surface area is 125 Å². The molecule has 1 fully saturated rings. The minimum Gasteiger partial charge on any atom is -0.381 e. The first-order valence-corrected chi connectivity index (χ1v) is 8.24. The summed E-state index contributed by atoms with van der Waals surface area (Å²) in [4.78, 5) is 15.2. The molecule has 0 spiro atoms. The molecule has 20 heavy (non-hydrogen) atoms. The maximum absolute atomic E-state index is 12.1. The smallest absolute Gasteiger partial charge is 0.222 e. The molecular formula is C16H23NO2S. The van der Waals surface area contributed by atoms with Crippen LogP contribution >= 0.6 is 11.8 Å². The Morgan fingerprint density at radius 3 is 2.90 bits per heavy atom. The van der Waals surface area contributed by atoms with Crippen molar-refractivity contribution < 1.29 is 9.53 Å². The molecule has 0 radical (unpaired) electrons. The molecule has 0 saturated carbocycles. The maximum Gasteiger partial charge on any atom is 0.222 e. The first-order chi connectivity index (χ1) is 9.75. The maximum atomic E-state index is 12.1. The number of carbonyl (C=O) groups excluding carboxylic acids is 1. The number of thioether (sulfide) groups is 1. The zero-order valence-corrected chi connectivity index (χ0v) is 12.9. The summed E-state index contributed by atoms with van der Waals surface area (Å²) in [5, 5.41) is 0. The van der Waals surface area contributed by atoms with Gasteiger partial charge in [-0.1, -0.05) is 18.2 Å². The summed E-state index contributed by atoms with van der Waals surface area (Å²) >= 11 is 1.79. The molecule has 0 N–H and O–H groups in total. The summed E-state index contributed by atoms with van der Waals surface area (Å²) in [5.41, 5.74) is 0. The molecule has 3 nitrogen and oxygen atoms in total. The molecule has 1 aliphatic heterocycles. The van der Waals surface area contributed by atoms with Gasteiger partial charge in [0.05, 0.1) is 0 Å². The lowest BCUT2D eigenvalue weighted by atomic mass is 9.98. The van der Waals surface area contributed by atoms with Gasteiger partial charge in [0.25, 0.3) is 0 Å². The lowest BCUT2D eigenvalue weighted by Crippen LogP contribution is -2.32. The van der Waals surface area contributed by atoms with E-state index in [2.05, 4.69) is 12.1 Å². The van der Waals surface area contributed by atoms with Crippen LogP contribution in [0, 0.1) is 5.92 Å². The van der Waals surface area contributed by atoms with Gasteiger partial charge in [0.2, 0.25) is 5.91 Å². The van der Waals surface area contributed by atoms with E-state index in [9.17, 15) is 4.79 Å². The minimum atomic E-state index is 0.245. The lowest BCUT2D eigenvalue weighted by Gasteiger charge is -2.24. The van der Waals surface area contributed by atoms with Crippen LogP contribution in [0.15, 0.2) is 35.2 Å². The molecule has 2 rings (SSSR count). The molecule has 1 aliphatic rings. The average molecular weight is 293 g/mol. The molecule has 0 bridgehead atoms. The molecule has 1 saturated heterocycles. The van der Waals surface area contributed by atoms with Crippen LogP contribution in [0.25, 0.3) is 0 Å². The number of ether oxygens (including phenoxy) is 1. The quantitative estimate of drug-likeness (QED) is 0.755. The summed E-state index contributed by atoms with van der Waals surface area (Å²) < 4.78 is 5.43. The number of hydrogen-bond donors (Lipinski definition) is 0. The topological polar surface area (TPSA) is 29.5 Å². The Morgan fingerprint density at radius 2 is 2.20 bits per heavy atom. The Morgan fingerprint density at radius 1 is 1.40 bits per heavy atom. The average Bonchev–Trinajstić information content (AvgIpc) is 2.49. The van der Waals surface area contributed by atoms with Crippen molar-refractivity contribution in [1.29, 1.82) is 0 Å². The van der Waals surface area contributed by atoms with Crippen molar-refractivity contribution in [3.8, 4) is 0 Å². The molecule has 0 aliphatic carbocycles. The number of amides is 1. The van der Waals surface area contributed by atoms with Crippen LogP contribution in [0.3, 0.4) is 0 Å². The van der Waals surface area contributed by atoms with E-state index in [1.807, 2.05) is 30.1 Å². The number of carbonyl (C=O) groups is 1. The van der Waals surface area contributed by atoms with E-state index >= 15 is 0 Å². The van der Waals surface area contributed by atoms with Gasteiger partial charge in [-0.3, -0.25) is 4.79 Å². The molecule has 0 aromatic heterocycles. The highest BCUT2D eigenvalue weighted by atomic mass is 32.2. The van der Waals surface area contributed by atoms with Crippen LogP contribution in [0.2, 0.25) is 0 Å². The highest BCUT2D eigenvalue weighted by Crippen LogP contribution is 2.19. The van der Waals surface area contributed by atoms with Crippen molar-refractivity contribution in [3.63, 3.8) is 0 Å². The third kappa shape index (κ3) is 5.17. The van der Waals surface area contributed by atoms with Gasteiger partial charge in [-0.25, -0.2) is 0 Å². The van der Waals surface area contributed by atoms with E-state index in [4.69, 9.17) is 4.74 Å². The van der Waals surface area contributed by atoms with Gasteiger partial charge in [0.15, 0.2) is 0 Å². The SMILES string of the molecule is CN(CCSc1ccccc1)C(=O)CC1CCCOC1. The molecule has 1 aromatic carbocycles. The first kappa shape index (κ1) is 15.4. The fourth-order valence-corrected chi connectivity index (χ4v) is 3.26. The van der Waals surface area contributed by atoms with Gasteiger partial charge in [0.1, 0.15) is 0 Å². The summed E-state index contributed by atoms with van der Waals surface area (Å²) in [6.45, 7) is 2.40. The summed E-state index contributed by atoms with van der Waals surface area (Å²) in [6.07, 6.45) is 2.84. The molecule has 4 heteroatoms. The monoisotopic (exact) mass is 293 g/mol. The zero-order chi connectivity index (χ0) is 14.2. The van der Waals surface area contributed by atoms with Crippen LogP contribution in [-0.4, -0.2) is 43.4 Å². The second-order valence-corrected chi connectivity index (χ2v) is 6.43.